The van der Waals surface area contributed by atoms with Crippen LogP contribution in [0.25, 0.3) is 52.0 Å². The van der Waals surface area contributed by atoms with Crippen molar-refractivity contribution in [2.75, 3.05) is 4.90 Å². The fraction of sp³-hybridized carbons (Fsp3) is 0.0732. The fourth-order valence-electron chi connectivity index (χ4n) is 7.44. The maximum atomic E-state index is 2.49. The van der Waals surface area contributed by atoms with Crippen LogP contribution >= 0.6 is 0 Å². The predicted molar refractivity (Wildman–Crippen MR) is 186 cm³/mol. The van der Waals surface area contributed by atoms with E-state index >= 15 is 0 Å². The van der Waals surface area contributed by atoms with Crippen LogP contribution in [0, 0.1) is 0 Å². The summed E-state index contributed by atoms with van der Waals surface area (Å²) < 4.78 is 2.99. The molecular formula is C41H29NSe. The van der Waals surface area contributed by atoms with Gasteiger partial charge in [0, 0.05) is 0 Å². The first-order chi connectivity index (χ1) is 21.1. The van der Waals surface area contributed by atoms with Gasteiger partial charge in [0.05, 0.1) is 0 Å². The van der Waals surface area contributed by atoms with Crippen molar-refractivity contribution in [3.63, 3.8) is 0 Å². The maximum absolute atomic E-state index is 2.49. The second-order valence-electron chi connectivity index (χ2n) is 12.1. The van der Waals surface area contributed by atoms with Gasteiger partial charge in [-0.05, 0) is 0 Å². The minimum atomic E-state index is -0.0586. The molecule has 0 unspecified atom stereocenters. The molecular weight excluding hydrogens is 585 g/mol. The van der Waals surface area contributed by atoms with Crippen molar-refractivity contribution >= 4 is 72.4 Å². The Balaban J connectivity index is 1.38. The molecule has 9 rings (SSSR count). The zero-order valence-electron chi connectivity index (χ0n) is 24.1. The van der Waals surface area contributed by atoms with E-state index in [2.05, 4.69) is 158 Å². The van der Waals surface area contributed by atoms with E-state index in [0.717, 1.165) is 0 Å². The van der Waals surface area contributed by atoms with Gasteiger partial charge in [-0.1, -0.05) is 0 Å². The summed E-state index contributed by atoms with van der Waals surface area (Å²) in [7, 11) is 0. The van der Waals surface area contributed by atoms with E-state index in [0.29, 0.717) is 0 Å². The molecule has 8 aromatic rings. The number of hydrogen-bond donors (Lipinski definition) is 0. The fourth-order valence-corrected chi connectivity index (χ4v) is 10.1. The van der Waals surface area contributed by atoms with E-state index < -0.39 is 0 Å². The second-order valence-corrected chi connectivity index (χ2v) is 14.3. The molecule has 1 nitrogen and oxygen atoms in total. The number of anilines is 3. The first-order valence-corrected chi connectivity index (χ1v) is 16.7. The van der Waals surface area contributed by atoms with Gasteiger partial charge in [0.2, 0.25) is 0 Å². The third-order valence-electron chi connectivity index (χ3n) is 9.44. The molecule has 204 valence electrons. The molecule has 1 aliphatic carbocycles. The summed E-state index contributed by atoms with van der Waals surface area (Å²) in [6.07, 6.45) is 0. The van der Waals surface area contributed by atoms with Gasteiger partial charge in [-0.3, -0.25) is 0 Å². The molecule has 0 amide bonds. The molecule has 0 aliphatic heterocycles. The van der Waals surface area contributed by atoms with Crippen LogP contribution in [0.1, 0.15) is 25.0 Å². The standard InChI is InChI=1S/C41H29NSe/c1-41(2)33-17-8-6-15-32(33)39-34(41)18-11-20-36(39)42(27-12-4-3-5-13-27)35-19-10-16-30-28(35)24-22-26-23-25-31-29-14-7-9-21-37(29)43-40(31)38(26)30/h3-25H,1-2H3. The first kappa shape index (κ1) is 24.9. The SMILES string of the molecule is CC1(C)c2ccccc2-c2c(N(c3ccccc3)c3cccc4c3ccc3ccc5c6ccccc6[se]c5c34)cccc21. The number of benzene rings is 7. The molecule has 43 heavy (non-hydrogen) atoms. The molecule has 0 radical (unpaired) electrons. The van der Waals surface area contributed by atoms with Crippen LogP contribution in [0.4, 0.5) is 17.1 Å². The summed E-state index contributed by atoms with van der Waals surface area (Å²) >= 11 is 0.282. The van der Waals surface area contributed by atoms with E-state index in [4.69, 9.17) is 0 Å². The van der Waals surface area contributed by atoms with Gasteiger partial charge < -0.3 is 0 Å². The van der Waals surface area contributed by atoms with Crippen molar-refractivity contribution < 1.29 is 0 Å². The molecule has 0 fully saturated rings. The van der Waals surface area contributed by atoms with Gasteiger partial charge in [0.25, 0.3) is 0 Å². The number of nitrogens with zero attached hydrogens (tertiary/aromatic N) is 1. The van der Waals surface area contributed by atoms with Crippen molar-refractivity contribution in [1.82, 2.24) is 0 Å². The summed E-state index contributed by atoms with van der Waals surface area (Å²) in [5.74, 6) is 0. The topological polar surface area (TPSA) is 3.24 Å². The Morgan fingerprint density at radius 3 is 2.07 bits per heavy atom. The Bertz CT molecular complexity index is 2380. The molecule has 1 heterocycles. The average molecular weight is 615 g/mol. The molecule has 0 N–H and O–H groups in total. The Labute approximate surface area is 257 Å². The molecule has 0 saturated heterocycles. The number of fused-ring (bicyclic) bond motifs is 10. The van der Waals surface area contributed by atoms with Crippen LogP contribution < -0.4 is 4.90 Å². The Morgan fingerprint density at radius 2 is 1.19 bits per heavy atom. The predicted octanol–water partition coefficient (Wildman–Crippen LogP) is 11.1. The molecule has 0 spiro atoms. The van der Waals surface area contributed by atoms with Gasteiger partial charge in [-0.2, -0.15) is 0 Å². The van der Waals surface area contributed by atoms with Crippen LogP contribution in [-0.4, -0.2) is 14.5 Å². The van der Waals surface area contributed by atoms with Crippen LogP contribution in [0.15, 0.2) is 140 Å². The number of rotatable bonds is 3. The van der Waals surface area contributed by atoms with Crippen molar-refractivity contribution in [2.24, 2.45) is 0 Å². The molecule has 2 heteroatoms. The van der Waals surface area contributed by atoms with E-state index in [1.807, 2.05) is 0 Å². The quantitative estimate of drug-likeness (QED) is 0.141. The number of para-hydroxylation sites is 1. The molecule has 0 atom stereocenters. The summed E-state index contributed by atoms with van der Waals surface area (Å²) in [5.41, 5.74) is 9.00. The van der Waals surface area contributed by atoms with E-state index in [1.54, 1.807) is 0 Å². The Hall–Kier alpha value is -4.62. The van der Waals surface area contributed by atoms with Crippen molar-refractivity contribution in [3.05, 3.63) is 151 Å². The summed E-state index contributed by atoms with van der Waals surface area (Å²) in [5, 5.41) is 8.14. The van der Waals surface area contributed by atoms with E-state index in [9.17, 15) is 0 Å². The van der Waals surface area contributed by atoms with Crippen molar-refractivity contribution in [2.45, 2.75) is 19.3 Å². The zero-order chi connectivity index (χ0) is 28.7. The minimum absolute atomic E-state index is 0.0586. The summed E-state index contributed by atoms with van der Waals surface area (Å²) in [6.45, 7) is 4.72. The van der Waals surface area contributed by atoms with Gasteiger partial charge in [0.1, 0.15) is 0 Å². The van der Waals surface area contributed by atoms with Crippen molar-refractivity contribution in [3.8, 4) is 11.1 Å². The van der Waals surface area contributed by atoms with Crippen LogP contribution in [-0.2, 0) is 5.41 Å². The van der Waals surface area contributed by atoms with Gasteiger partial charge in [-0.25, -0.2) is 0 Å². The van der Waals surface area contributed by atoms with Crippen LogP contribution in [0.5, 0.6) is 0 Å². The molecule has 0 bridgehead atoms. The number of hydrogen-bond acceptors (Lipinski definition) is 1. The van der Waals surface area contributed by atoms with E-state index in [-0.39, 0.29) is 19.9 Å². The van der Waals surface area contributed by atoms with Crippen LogP contribution in [0.2, 0.25) is 0 Å². The third-order valence-corrected chi connectivity index (χ3v) is 12.0. The monoisotopic (exact) mass is 615 g/mol. The molecule has 1 aliphatic rings. The summed E-state index contributed by atoms with van der Waals surface area (Å²) in [4.78, 5) is 2.49. The molecule has 0 saturated carbocycles. The molecule has 7 aromatic carbocycles. The second kappa shape index (κ2) is 9.19. The van der Waals surface area contributed by atoms with E-state index in [1.165, 1.54) is 80.2 Å². The Morgan fingerprint density at radius 1 is 0.512 bits per heavy atom. The summed E-state index contributed by atoms with van der Waals surface area (Å²) in [6, 6.07) is 51.9. The van der Waals surface area contributed by atoms with Crippen molar-refractivity contribution in [1.29, 1.82) is 0 Å². The normalized spacial score (nSPS) is 13.5. The average Bonchev–Trinajstić information content (AvgIpc) is 3.54. The Kier molecular flexibility index (Phi) is 5.33. The zero-order valence-corrected chi connectivity index (χ0v) is 25.8. The van der Waals surface area contributed by atoms with Gasteiger partial charge in [-0.15, -0.1) is 0 Å². The molecule has 1 aromatic heterocycles. The van der Waals surface area contributed by atoms with Gasteiger partial charge >= 0.3 is 258 Å². The first-order valence-electron chi connectivity index (χ1n) is 15.0. The van der Waals surface area contributed by atoms with Crippen LogP contribution in [0.3, 0.4) is 0 Å². The third kappa shape index (κ3) is 3.51. The van der Waals surface area contributed by atoms with Gasteiger partial charge in [0.15, 0.2) is 0 Å².